The third-order valence-corrected chi connectivity index (χ3v) is 4.93. The van der Waals surface area contributed by atoms with Crippen molar-refractivity contribution in [3.8, 4) is 17.1 Å². The number of methoxy groups -OCH3 is 2. The lowest BCUT2D eigenvalue weighted by molar-refractivity contribution is 0.0567. The molecule has 3 heterocycles. The lowest BCUT2D eigenvalue weighted by Gasteiger charge is -2.08. The van der Waals surface area contributed by atoms with Gasteiger partial charge in [0.15, 0.2) is 11.6 Å². The number of carbonyl (C=O) groups excluding carboxylic acids is 2. The Labute approximate surface area is 191 Å². The highest BCUT2D eigenvalue weighted by Crippen LogP contribution is 2.37. The van der Waals surface area contributed by atoms with Crippen molar-refractivity contribution in [3.63, 3.8) is 0 Å². The molecule has 168 valence electrons. The summed E-state index contributed by atoms with van der Waals surface area (Å²) in [6, 6.07) is 6.60. The van der Waals surface area contributed by atoms with Crippen LogP contribution in [0.15, 0.2) is 53.3 Å². The predicted molar refractivity (Wildman–Crippen MR) is 119 cm³/mol. The van der Waals surface area contributed by atoms with Gasteiger partial charge in [-0.25, -0.2) is 14.0 Å². The van der Waals surface area contributed by atoms with Crippen molar-refractivity contribution >= 4 is 45.9 Å². The number of esters is 1. The van der Waals surface area contributed by atoms with Crippen LogP contribution in [-0.4, -0.2) is 36.2 Å². The van der Waals surface area contributed by atoms with Crippen LogP contribution in [0.5, 0.6) is 5.75 Å². The number of rotatable bonds is 5. The Bertz CT molecular complexity index is 1370. The standard InChI is InChI=1S/C22H16ClFN4O5/c1-31-18-6-12(13(23)7-14(18)24)17-8-15(20(33-17)21(29)32-2)27-22(30)28-16-10-25-9-11-4-3-5-26-19(11)16/h3-10H,1-2H3,(H2,27,28,30). The maximum atomic E-state index is 13.9. The molecule has 4 aromatic rings. The van der Waals surface area contributed by atoms with Gasteiger partial charge < -0.3 is 24.5 Å². The third-order valence-electron chi connectivity index (χ3n) is 4.62. The number of urea groups is 1. The number of aromatic nitrogens is 2. The molecule has 0 aliphatic rings. The van der Waals surface area contributed by atoms with Gasteiger partial charge >= 0.3 is 12.0 Å². The molecule has 0 saturated heterocycles. The zero-order valence-electron chi connectivity index (χ0n) is 17.3. The van der Waals surface area contributed by atoms with E-state index in [1.807, 2.05) is 0 Å². The molecule has 2 amide bonds. The van der Waals surface area contributed by atoms with Gasteiger partial charge in [-0.05, 0) is 24.3 Å². The van der Waals surface area contributed by atoms with Crippen molar-refractivity contribution in [2.75, 3.05) is 24.9 Å². The van der Waals surface area contributed by atoms with Gasteiger partial charge in [0.25, 0.3) is 0 Å². The molecule has 0 aliphatic heterocycles. The normalized spacial score (nSPS) is 10.7. The number of hydrogen-bond donors (Lipinski definition) is 2. The minimum absolute atomic E-state index is 0.00913. The van der Waals surface area contributed by atoms with E-state index >= 15 is 0 Å². The smallest absolute Gasteiger partial charge is 0.376 e. The maximum absolute atomic E-state index is 13.9. The summed E-state index contributed by atoms with van der Waals surface area (Å²) in [6.45, 7) is 0. The first-order chi connectivity index (χ1) is 15.9. The van der Waals surface area contributed by atoms with Crippen molar-refractivity contribution in [1.29, 1.82) is 0 Å². The number of anilines is 2. The Balaban J connectivity index is 1.67. The fraction of sp³-hybridized carbons (Fsp3) is 0.0909. The molecule has 0 unspecified atom stereocenters. The molecule has 0 fully saturated rings. The minimum Gasteiger partial charge on any atom is -0.494 e. The number of nitrogens with one attached hydrogen (secondary N) is 2. The SMILES string of the molecule is COC(=O)c1oc(-c2cc(OC)c(F)cc2Cl)cc1NC(=O)Nc1cncc2cccnc12. The molecule has 0 spiro atoms. The number of benzene rings is 1. The monoisotopic (exact) mass is 470 g/mol. The van der Waals surface area contributed by atoms with Crippen molar-refractivity contribution in [2.24, 2.45) is 0 Å². The third kappa shape index (κ3) is 4.41. The summed E-state index contributed by atoms with van der Waals surface area (Å²) in [6.07, 6.45) is 4.65. The fourth-order valence-electron chi connectivity index (χ4n) is 3.10. The Morgan fingerprint density at radius 2 is 1.91 bits per heavy atom. The molecule has 4 rings (SSSR count). The molecule has 2 N–H and O–H groups in total. The van der Waals surface area contributed by atoms with Crippen LogP contribution >= 0.6 is 11.6 Å². The van der Waals surface area contributed by atoms with Crippen molar-refractivity contribution in [1.82, 2.24) is 9.97 Å². The number of nitrogens with zero attached hydrogens (tertiary/aromatic N) is 2. The van der Waals surface area contributed by atoms with Gasteiger partial charge in [-0.15, -0.1) is 0 Å². The summed E-state index contributed by atoms with van der Waals surface area (Å²) in [7, 11) is 2.46. The molecular weight excluding hydrogens is 455 g/mol. The highest BCUT2D eigenvalue weighted by Gasteiger charge is 2.24. The van der Waals surface area contributed by atoms with Crippen LogP contribution in [0.4, 0.5) is 20.6 Å². The van der Waals surface area contributed by atoms with Crippen LogP contribution in [0.1, 0.15) is 10.6 Å². The largest absolute Gasteiger partial charge is 0.494 e. The number of carbonyl (C=O) groups is 2. The zero-order chi connectivity index (χ0) is 23.5. The Morgan fingerprint density at radius 1 is 1.12 bits per heavy atom. The molecule has 33 heavy (non-hydrogen) atoms. The van der Waals surface area contributed by atoms with E-state index in [0.29, 0.717) is 11.2 Å². The highest BCUT2D eigenvalue weighted by molar-refractivity contribution is 6.33. The van der Waals surface area contributed by atoms with Gasteiger partial charge in [0.05, 0.1) is 42.3 Å². The lowest BCUT2D eigenvalue weighted by atomic mass is 10.1. The summed E-state index contributed by atoms with van der Waals surface area (Å²) in [5.74, 6) is -1.77. The van der Waals surface area contributed by atoms with E-state index in [1.165, 1.54) is 25.4 Å². The number of amides is 2. The van der Waals surface area contributed by atoms with Crippen molar-refractivity contribution < 1.29 is 27.9 Å². The second-order valence-corrected chi connectivity index (χ2v) is 7.06. The second kappa shape index (κ2) is 9.13. The molecule has 11 heteroatoms. The quantitative estimate of drug-likeness (QED) is 0.389. The molecule has 0 aliphatic carbocycles. The van der Waals surface area contributed by atoms with Crippen molar-refractivity contribution in [3.05, 3.63) is 65.5 Å². The summed E-state index contributed by atoms with van der Waals surface area (Å²) in [5, 5.41) is 5.93. The van der Waals surface area contributed by atoms with Crippen LogP contribution in [-0.2, 0) is 4.74 Å². The summed E-state index contributed by atoms with van der Waals surface area (Å²) >= 11 is 6.15. The number of pyridine rings is 2. The average molecular weight is 471 g/mol. The van der Waals surface area contributed by atoms with Crippen LogP contribution in [0, 0.1) is 5.82 Å². The first-order valence-electron chi connectivity index (χ1n) is 9.43. The predicted octanol–water partition coefficient (Wildman–Crippen LogP) is 5.12. The number of hydrogen-bond acceptors (Lipinski definition) is 7. The first kappa shape index (κ1) is 22.0. The van der Waals surface area contributed by atoms with Gasteiger partial charge in [0.2, 0.25) is 5.76 Å². The average Bonchev–Trinajstić information content (AvgIpc) is 3.22. The lowest BCUT2D eigenvalue weighted by Crippen LogP contribution is -2.21. The number of ether oxygens (including phenoxy) is 2. The van der Waals surface area contributed by atoms with E-state index < -0.39 is 17.8 Å². The fourth-order valence-corrected chi connectivity index (χ4v) is 3.35. The second-order valence-electron chi connectivity index (χ2n) is 6.65. The van der Waals surface area contributed by atoms with Crippen LogP contribution in [0.25, 0.3) is 22.2 Å². The summed E-state index contributed by atoms with van der Waals surface area (Å²) in [4.78, 5) is 33.2. The van der Waals surface area contributed by atoms with E-state index in [9.17, 15) is 14.0 Å². The topological polar surface area (TPSA) is 116 Å². The summed E-state index contributed by atoms with van der Waals surface area (Å²) < 4.78 is 29.2. The Kier molecular flexibility index (Phi) is 6.09. The molecule has 3 aromatic heterocycles. The molecular formula is C22H16ClFN4O5. The molecule has 0 atom stereocenters. The van der Waals surface area contributed by atoms with Crippen LogP contribution in [0.2, 0.25) is 5.02 Å². The number of fused-ring (bicyclic) bond motifs is 1. The number of halogens is 2. The van der Waals surface area contributed by atoms with Crippen LogP contribution < -0.4 is 15.4 Å². The van der Waals surface area contributed by atoms with Crippen LogP contribution in [0.3, 0.4) is 0 Å². The van der Waals surface area contributed by atoms with E-state index in [0.717, 1.165) is 18.6 Å². The highest BCUT2D eigenvalue weighted by atomic mass is 35.5. The Hall–Kier alpha value is -4.18. The van der Waals surface area contributed by atoms with E-state index in [1.54, 1.807) is 24.5 Å². The molecule has 1 aromatic carbocycles. The van der Waals surface area contributed by atoms with E-state index in [2.05, 4.69) is 20.6 Å². The number of furan rings is 1. The maximum Gasteiger partial charge on any atom is 0.376 e. The van der Waals surface area contributed by atoms with Gasteiger partial charge in [-0.2, -0.15) is 0 Å². The molecule has 0 radical (unpaired) electrons. The molecule has 9 nitrogen and oxygen atoms in total. The zero-order valence-corrected chi connectivity index (χ0v) is 18.1. The van der Waals surface area contributed by atoms with Gasteiger partial charge in [0.1, 0.15) is 5.76 Å². The minimum atomic E-state index is -0.838. The van der Waals surface area contributed by atoms with Gasteiger partial charge in [-0.1, -0.05) is 11.6 Å². The Morgan fingerprint density at radius 3 is 2.67 bits per heavy atom. The van der Waals surface area contributed by atoms with Gasteiger partial charge in [0, 0.05) is 29.4 Å². The molecule has 0 bridgehead atoms. The van der Waals surface area contributed by atoms with Gasteiger partial charge in [-0.3, -0.25) is 9.97 Å². The van der Waals surface area contributed by atoms with E-state index in [4.69, 9.17) is 25.5 Å². The van der Waals surface area contributed by atoms with Crippen molar-refractivity contribution in [2.45, 2.75) is 0 Å². The first-order valence-corrected chi connectivity index (χ1v) is 9.81. The molecule has 0 saturated carbocycles. The van der Waals surface area contributed by atoms with E-state index in [-0.39, 0.29) is 33.5 Å². The summed E-state index contributed by atoms with van der Waals surface area (Å²) in [5.41, 5.74) is 1.15.